The van der Waals surface area contributed by atoms with Crippen molar-refractivity contribution in [2.45, 2.75) is 19.3 Å². The predicted octanol–water partition coefficient (Wildman–Crippen LogP) is 9.25. The Morgan fingerprint density at radius 3 is 0.867 bits per heavy atom. The molecule has 0 aliphatic heterocycles. The van der Waals surface area contributed by atoms with E-state index >= 15 is 0 Å². The third kappa shape index (κ3) is 7.43. The fraction of sp³-hybridized carbons (Fsp3) is 0.100. The van der Waals surface area contributed by atoms with Crippen LogP contribution < -0.4 is 0 Å². The van der Waals surface area contributed by atoms with Crippen molar-refractivity contribution in [2.75, 3.05) is 0 Å². The van der Waals surface area contributed by atoms with Crippen molar-refractivity contribution in [1.82, 2.24) is 0 Å². The van der Waals surface area contributed by atoms with Crippen molar-refractivity contribution in [2.24, 2.45) is 0 Å². The van der Waals surface area contributed by atoms with E-state index in [-0.39, 0.29) is 64.0 Å². The molecule has 45 heavy (non-hydrogen) atoms. The standard InChI is InChI=1S/C30H18Br6O9/c31-13-1-10(25(37)19(34)7-13)4-16-22(28(40)41)17(5-11-2-14(32)8-20(35)26(11)38)24(30(44)45)18(23(16)29(42)43)6-12-3-15(33)9-21(36)27(12)39/h1-3,7-9,37-39H,4-6H2,(H,40,41)(H,42,43)(H,44,45). The van der Waals surface area contributed by atoms with E-state index in [0.29, 0.717) is 13.4 Å². The van der Waals surface area contributed by atoms with Crippen LogP contribution in [0.3, 0.4) is 0 Å². The number of carboxylic acids is 3. The van der Waals surface area contributed by atoms with Gasteiger partial charge < -0.3 is 30.6 Å². The van der Waals surface area contributed by atoms with Crippen molar-refractivity contribution in [3.8, 4) is 17.2 Å². The fourth-order valence-corrected chi connectivity index (χ4v) is 9.00. The highest BCUT2D eigenvalue weighted by atomic mass is 79.9. The largest absolute Gasteiger partial charge is 0.506 e. The zero-order valence-corrected chi connectivity index (χ0v) is 31.8. The molecule has 4 aromatic rings. The number of hydrogen-bond donors (Lipinski definition) is 6. The predicted molar refractivity (Wildman–Crippen MR) is 186 cm³/mol. The number of phenolic OH excluding ortho intramolecular Hbond substituents is 3. The SMILES string of the molecule is O=C(O)c1c(Cc2cc(Br)cc(Br)c2O)c(C(=O)O)c(Cc2cc(Br)cc(Br)c2O)c(C(=O)O)c1Cc1cc(Br)cc(Br)c1O. The number of aromatic carboxylic acids is 3. The molecule has 0 unspecified atom stereocenters. The Bertz CT molecular complexity index is 1680. The minimum Gasteiger partial charge on any atom is -0.506 e. The molecule has 0 radical (unpaired) electrons. The summed E-state index contributed by atoms with van der Waals surface area (Å²) in [6.07, 6.45) is -1.31. The van der Waals surface area contributed by atoms with Gasteiger partial charge in [-0.25, -0.2) is 14.4 Å². The molecule has 0 saturated carbocycles. The van der Waals surface area contributed by atoms with E-state index < -0.39 is 53.9 Å². The van der Waals surface area contributed by atoms with Gasteiger partial charge in [-0.05, 0) is 101 Å². The molecule has 0 saturated heterocycles. The maximum atomic E-state index is 13.0. The minimum absolute atomic E-state index is 0.141. The molecule has 234 valence electrons. The number of carbonyl (C=O) groups is 3. The van der Waals surface area contributed by atoms with Crippen LogP contribution in [0.15, 0.2) is 63.2 Å². The molecule has 0 aliphatic carbocycles. The zero-order chi connectivity index (χ0) is 33.5. The lowest BCUT2D eigenvalue weighted by Gasteiger charge is -2.23. The normalized spacial score (nSPS) is 11.1. The van der Waals surface area contributed by atoms with E-state index in [1.807, 2.05) is 0 Å². The number of hydrogen-bond acceptors (Lipinski definition) is 6. The first-order chi connectivity index (χ1) is 21.0. The van der Waals surface area contributed by atoms with Crippen LogP contribution in [0.4, 0.5) is 0 Å². The first-order valence-electron chi connectivity index (χ1n) is 12.4. The molecule has 4 rings (SSSR count). The van der Waals surface area contributed by atoms with Gasteiger partial charge >= 0.3 is 17.9 Å². The van der Waals surface area contributed by atoms with E-state index in [1.165, 1.54) is 18.2 Å². The second-order valence-corrected chi connectivity index (χ2v) is 15.0. The van der Waals surface area contributed by atoms with E-state index in [4.69, 9.17) is 0 Å². The second-order valence-electron chi connectivity index (χ2n) is 9.69. The lowest BCUT2D eigenvalue weighted by Crippen LogP contribution is -2.23. The minimum atomic E-state index is -1.62. The first kappa shape index (κ1) is 35.4. The highest BCUT2D eigenvalue weighted by Crippen LogP contribution is 2.41. The van der Waals surface area contributed by atoms with Gasteiger partial charge in [0.2, 0.25) is 0 Å². The molecule has 15 heteroatoms. The zero-order valence-electron chi connectivity index (χ0n) is 22.3. The Balaban J connectivity index is 2.21. The summed E-state index contributed by atoms with van der Waals surface area (Å²) in [6, 6.07) is 9.08. The Morgan fingerprint density at radius 1 is 0.444 bits per heavy atom. The van der Waals surface area contributed by atoms with Gasteiger partial charge in [0.15, 0.2) is 0 Å². The second kappa shape index (κ2) is 14.1. The maximum Gasteiger partial charge on any atom is 0.336 e. The fourth-order valence-electron chi connectivity index (χ4n) is 5.06. The summed E-state index contributed by atoms with van der Waals surface area (Å²) in [5.74, 6) is -5.69. The summed E-state index contributed by atoms with van der Waals surface area (Å²) in [5.41, 5.74) is -2.27. The van der Waals surface area contributed by atoms with Crippen LogP contribution in [-0.2, 0) is 19.3 Å². The smallest absolute Gasteiger partial charge is 0.336 e. The van der Waals surface area contributed by atoms with Gasteiger partial charge in [0.25, 0.3) is 0 Å². The summed E-state index contributed by atoms with van der Waals surface area (Å²) in [7, 11) is 0. The summed E-state index contributed by atoms with van der Waals surface area (Å²) >= 11 is 19.7. The summed E-state index contributed by atoms with van der Waals surface area (Å²) in [5, 5.41) is 64.2. The number of phenols is 3. The molecule has 0 amide bonds. The van der Waals surface area contributed by atoms with Crippen LogP contribution in [-0.4, -0.2) is 48.5 Å². The van der Waals surface area contributed by atoms with Gasteiger partial charge in [-0.2, -0.15) is 0 Å². The summed E-state index contributed by atoms with van der Waals surface area (Å²) in [4.78, 5) is 39.1. The number of rotatable bonds is 9. The van der Waals surface area contributed by atoms with Crippen molar-refractivity contribution in [1.29, 1.82) is 0 Å². The van der Waals surface area contributed by atoms with Crippen LogP contribution in [0.25, 0.3) is 0 Å². The van der Waals surface area contributed by atoms with Gasteiger partial charge in [0.05, 0.1) is 30.1 Å². The maximum absolute atomic E-state index is 13.0. The van der Waals surface area contributed by atoms with E-state index in [2.05, 4.69) is 95.6 Å². The number of benzene rings is 4. The van der Waals surface area contributed by atoms with E-state index in [1.54, 1.807) is 18.2 Å². The van der Waals surface area contributed by atoms with Gasteiger partial charge in [-0.3, -0.25) is 0 Å². The Hall–Kier alpha value is -2.43. The average molecular weight is 1000 g/mol. The molecule has 0 heterocycles. The van der Waals surface area contributed by atoms with E-state index in [0.717, 1.165) is 0 Å². The summed E-state index contributed by atoms with van der Waals surface area (Å²) < 4.78 is 2.21. The van der Waals surface area contributed by atoms with Crippen molar-refractivity contribution in [3.63, 3.8) is 0 Å². The Morgan fingerprint density at radius 2 is 0.667 bits per heavy atom. The van der Waals surface area contributed by atoms with Crippen LogP contribution in [0.1, 0.15) is 64.5 Å². The number of halogens is 6. The lowest BCUT2D eigenvalue weighted by atomic mass is 9.80. The highest BCUT2D eigenvalue weighted by Gasteiger charge is 2.34. The van der Waals surface area contributed by atoms with Crippen LogP contribution in [0.5, 0.6) is 17.2 Å². The van der Waals surface area contributed by atoms with Gasteiger partial charge in [-0.15, -0.1) is 0 Å². The molecule has 4 aromatic carbocycles. The molecule has 0 aromatic heterocycles. The Labute approximate surface area is 305 Å². The van der Waals surface area contributed by atoms with Crippen LogP contribution >= 0.6 is 95.6 Å². The van der Waals surface area contributed by atoms with Crippen molar-refractivity contribution in [3.05, 3.63) is 113 Å². The molecule has 0 fully saturated rings. The van der Waals surface area contributed by atoms with Crippen LogP contribution in [0, 0.1) is 0 Å². The summed E-state index contributed by atoms with van der Waals surface area (Å²) in [6.45, 7) is 0. The van der Waals surface area contributed by atoms with Gasteiger partial charge in [0, 0.05) is 49.4 Å². The highest BCUT2D eigenvalue weighted by molar-refractivity contribution is 9.11. The number of aromatic hydroxyl groups is 3. The van der Waals surface area contributed by atoms with Gasteiger partial charge in [-0.1, -0.05) is 47.8 Å². The first-order valence-corrected chi connectivity index (χ1v) is 17.2. The molecule has 9 nitrogen and oxygen atoms in total. The molecule has 6 N–H and O–H groups in total. The van der Waals surface area contributed by atoms with Crippen LogP contribution in [0.2, 0.25) is 0 Å². The molecule has 0 spiro atoms. The molecule has 0 atom stereocenters. The quantitative estimate of drug-likeness (QED) is 0.0956. The van der Waals surface area contributed by atoms with E-state index in [9.17, 15) is 45.0 Å². The van der Waals surface area contributed by atoms with Crippen molar-refractivity contribution < 1.29 is 45.0 Å². The molecule has 0 bridgehead atoms. The molecular formula is C30H18Br6O9. The molecule has 0 aliphatic rings. The lowest BCUT2D eigenvalue weighted by molar-refractivity contribution is 0.0694. The molecular weight excluding hydrogens is 984 g/mol. The topological polar surface area (TPSA) is 173 Å². The third-order valence-corrected chi connectivity index (χ3v) is 10.1. The number of carboxylic acid groups (broad SMARTS) is 3. The Kier molecular flexibility index (Phi) is 11.1. The van der Waals surface area contributed by atoms with Crippen molar-refractivity contribution >= 4 is 113 Å². The monoisotopic (exact) mass is 996 g/mol. The third-order valence-electron chi connectivity index (χ3n) is 6.88. The average Bonchev–Trinajstić information content (AvgIpc) is 2.91. The van der Waals surface area contributed by atoms with Gasteiger partial charge in [0.1, 0.15) is 17.2 Å².